The Hall–Kier alpha value is -6.65. The number of hydrogen-bond acceptors (Lipinski definition) is 3. The summed E-state index contributed by atoms with van der Waals surface area (Å²) in [5.41, 5.74) is 11.3. The second kappa shape index (κ2) is 11.0. The van der Waals surface area contributed by atoms with Crippen molar-refractivity contribution in [3.8, 4) is 16.8 Å². The Morgan fingerprint density at radius 2 is 1.10 bits per heavy atom. The molecule has 0 amide bonds. The summed E-state index contributed by atoms with van der Waals surface area (Å²) >= 11 is 0. The third-order valence-electron chi connectivity index (χ3n) is 9.58. The quantitative estimate of drug-likeness (QED) is 0.190. The molecule has 230 valence electrons. The number of rotatable bonds is 5. The molecular weight excluding hydrogens is 599 g/mol. The lowest BCUT2D eigenvalue weighted by Crippen LogP contribution is -2.10. The van der Waals surface area contributed by atoms with Gasteiger partial charge in [-0.2, -0.15) is 0 Å². The van der Waals surface area contributed by atoms with Crippen LogP contribution in [0.2, 0.25) is 0 Å². The van der Waals surface area contributed by atoms with Crippen LogP contribution in [-0.2, 0) is 0 Å². The van der Waals surface area contributed by atoms with E-state index in [-0.39, 0.29) is 0 Å². The average Bonchev–Trinajstić information content (AvgIpc) is 3.69. The molecule has 0 aliphatic heterocycles. The molecule has 0 saturated carbocycles. The van der Waals surface area contributed by atoms with Gasteiger partial charge in [-0.25, -0.2) is 4.98 Å². The van der Waals surface area contributed by atoms with Crippen LogP contribution in [0.15, 0.2) is 180 Å². The Kier molecular flexibility index (Phi) is 6.15. The van der Waals surface area contributed by atoms with Crippen molar-refractivity contribution >= 4 is 71.7 Å². The lowest BCUT2D eigenvalue weighted by atomic mass is 10.0. The highest BCUT2D eigenvalue weighted by Crippen LogP contribution is 2.41. The molecule has 0 bridgehead atoms. The predicted molar refractivity (Wildman–Crippen MR) is 203 cm³/mol. The van der Waals surface area contributed by atoms with E-state index in [0.717, 1.165) is 55.7 Å². The summed E-state index contributed by atoms with van der Waals surface area (Å²) in [6.45, 7) is 0. The molecule has 49 heavy (non-hydrogen) atoms. The minimum absolute atomic E-state index is 0.760. The van der Waals surface area contributed by atoms with Crippen LogP contribution < -0.4 is 4.90 Å². The molecule has 0 saturated heterocycles. The second-order valence-electron chi connectivity index (χ2n) is 12.5. The second-order valence-corrected chi connectivity index (χ2v) is 12.5. The molecule has 0 aliphatic rings. The molecular formula is C45H29N3O. The molecule has 0 aliphatic carbocycles. The highest BCUT2D eigenvalue weighted by molar-refractivity contribution is 6.11. The summed E-state index contributed by atoms with van der Waals surface area (Å²) < 4.78 is 8.83. The van der Waals surface area contributed by atoms with Crippen LogP contribution in [0.25, 0.3) is 71.5 Å². The van der Waals surface area contributed by atoms with Gasteiger partial charge in [-0.1, -0.05) is 103 Å². The number of anilines is 3. The van der Waals surface area contributed by atoms with Gasteiger partial charge in [-0.15, -0.1) is 0 Å². The third-order valence-corrected chi connectivity index (χ3v) is 9.58. The summed E-state index contributed by atoms with van der Waals surface area (Å²) in [5.74, 6) is 0. The maximum atomic E-state index is 6.49. The summed E-state index contributed by atoms with van der Waals surface area (Å²) in [7, 11) is 0. The largest absolute Gasteiger partial charge is 0.454 e. The van der Waals surface area contributed by atoms with Gasteiger partial charge in [-0.3, -0.25) is 0 Å². The minimum atomic E-state index is 0.760. The van der Waals surface area contributed by atoms with Gasteiger partial charge in [0.15, 0.2) is 5.58 Å². The molecule has 0 unspecified atom stereocenters. The molecule has 0 atom stereocenters. The highest BCUT2D eigenvalue weighted by Gasteiger charge is 2.19. The standard InChI is InChI=1S/C45H29N3O/c1-3-11-30(12-4-1)31-19-21-35(22-20-31)47(37-28-44-45(46-29-37)40-25-32-13-7-8-14-33(32)26-43(40)49-44)36-23-24-42-39(27-36)38-17-9-10-18-41(38)48(42)34-15-5-2-6-16-34/h1-29H. The van der Waals surface area contributed by atoms with Crippen molar-refractivity contribution < 1.29 is 4.42 Å². The Labute approximate surface area is 282 Å². The molecule has 0 spiro atoms. The number of nitrogens with zero attached hydrogens (tertiary/aromatic N) is 3. The normalized spacial score (nSPS) is 11.7. The van der Waals surface area contributed by atoms with E-state index in [9.17, 15) is 0 Å². The summed E-state index contributed by atoms with van der Waals surface area (Å²) in [6, 6.07) is 60.0. The molecule has 4 nitrogen and oxygen atoms in total. The van der Waals surface area contributed by atoms with Gasteiger partial charge >= 0.3 is 0 Å². The van der Waals surface area contributed by atoms with E-state index in [1.54, 1.807) is 0 Å². The average molecular weight is 628 g/mol. The Bertz CT molecular complexity index is 2820. The first-order valence-electron chi connectivity index (χ1n) is 16.5. The Morgan fingerprint density at radius 3 is 1.92 bits per heavy atom. The van der Waals surface area contributed by atoms with Gasteiger partial charge in [0.25, 0.3) is 0 Å². The first kappa shape index (κ1) is 27.5. The fourth-order valence-corrected chi connectivity index (χ4v) is 7.28. The molecule has 3 aromatic heterocycles. The molecule has 0 radical (unpaired) electrons. The van der Waals surface area contributed by atoms with Crippen LogP contribution >= 0.6 is 0 Å². The molecule has 7 aromatic carbocycles. The molecule has 3 heterocycles. The number of hydrogen-bond donors (Lipinski definition) is 0. The van der Waals surface area contributed by atoms with Crippen LogP contribution in [0, 0.1) is 0 Å². The molecule has 4 heteroatoms. The number of aromatic nitrogens is 2. The van der Waals surface area contributed by atoms with Crippen molar-refractivity contribution in [2.45, 2.75) is 0 Å². The number of fused-ring (bicyclic) bond motifs is 7. The fourth-order valence-electron chi connectivity index (χ4n) is 7.28. The van der Waals surface area contributed by atoms with E-state index < -0.39 is 0 Å². The van der Waals surface area contributed by atoms with Crippen molar-refractivity contribution in [2.75, 3.05) is 4.90 Å². The monoisotopic (exact) mass is 627 g/mol. The number of para-hydroxylation sites is 2. The number of pyridine rings is 1. The van der Waals surface area contributed by atoms with E-state index in [1.165, 1.54) is 32.8 Å². The van der Waals surface area contributed by atoms with Crippen molar-refractivity contribution in [3.05, 3.63) is 176 Å². The van der Waals surface area contributed by atoms with Crippen LogP contribution in [0.4, 0.5) is 17.1 Å². The lowest BCUT2D eigenvalue weighted by Gasteiger charge is -2.25. The van der Waals surface area contributed by atoms with Gasteiger partial charge in [0.2, 0.25) is 0 Å². The lowest BCUT2D eigenvalue weighted by molar-refractivity contribution is 0.668. The zero-order valence-electron chi connectivity index (χ0n) is 26.5. The van der Waals surface area contributed by atoms with Crippen molar-refractivity contribution in [1.29, 1.82) is 0 Å². The minimum Gasteiger partial charge on any atom is -0.454 e. The first-order valence-corrected chi connectivity index (χ1v) is 16.5. The van der Waals surface area contributed by atoms with E-state index in [1.807, 2.05) is 12.3 Å². The predicted octanol–water partition coefficient (Wildman–Crippen LogP) is 12.4. The van der Waals surface area contributed by atoms with Gasteiger partial charge in [0.05, 0.1) is 22.9 Å². The zero-order valence-corrected chi connectivity index (χ0v) is 26.5. The molecule has 0 N–H and O–H groups in total. The highest BCUT2D eigenvalue weighted by atomic mass is 16.3. The van der Waals surface area contributed by atoms with Crippen LogP contribution in [0.3, 0.4) is 0 Å². The van der Waals surface area contributed by atoms with Crippen LogP contribution in [0.5, 0.6) is 0 Å². The summed E-state index contributed by atoms with van der Waals surface area (Å²) in [5, 5.41) is 5.74. The van der Waals surface area contributed by atoms with E-state index in [0.29, 0.717) is 0 Å². The first-order chi connectivity index (χ1) is 24.3. The van der Waals surface area contributed by atoms with Gasteiger partial charge in [0.1, 0.15) is 11.1 Å². The van der Waals surface area contributed by atoms with Crippen molar-refractivity contribution in [2.24, 2.45) is 0 Å². The van der Waals surface area contributed by atoms with Crippen LogP contribution in [-0.4, -0.2) is 9.55 Å². The van der Waals surface area contributed by atoms with Gasteiger partial charge < -0.3 is 13.9 Å². The Balaban J connectivity index is 1.18. The Morgan fingerprint density at radius 1 is 0.449 bits per heavy atom. The summed E-state index contributed by atoms with van der Waals surface area (Å²) in [6.07, 6.45) is 1.97. The fraction of sp³-hybridized carbons (Fsp3) is 0. The number of furan rings is 1. The zero-order chi connectivity index (χ0) is 32.3. The van der Waals surface area contributed by atoms with Crippen LogP contribution in [0.1, 0.15) is 0 Å². The maximum Gasteiger partial charge on any atom is 0.155 e. The smallest absolute Gasteiger partial charge is 0.155 e. The van der Waals surface area contributed by atoms with E-state index in [2.05, 4.69) is 173 Å². The van der Waals surface area contributed by atoms with E-state index >= 15 is 0 Å². The molecule has 0 fully saturated rings. The molecule has 10 rings (SSSR count). The number of benzene rings is 7. The third kappa shape index (κ3) is 4.49. The topological polar surface area (TPSA) is 34.2 Å². The van der Waals surface area contributed by atoms with Crippen molar-refractivity contribution in [1.82, 2.24) is 9.55 Å². The maximum absolute atomic E-state index is 6.49. The van der Waals surface area contributed by atoms with Crippen molar-refractivity contribution in [3.63, 3.8) is 0 Å². The SMILES string of the molecule is c1ccc(-c2ccc(N(c3cnc4c(c3)oc3cc5ccccc5cc34)c3ccc4c(c3)c3ccccc3n4-c3ccccc3)cc2)cc1. The summed E-state index contributed by atoms with van der Waals surface area (Å²) in [4.78, 5) is 7.31. The molecule has 10 aromatic rings. The van der Waals surface area contributed by atoms with Gasteiger partial charge in [-0.05, 0) is 82.6 Å². The van der Waals surface area contributed by atoms with E-state index in [4.69, 9.17) is 9.40 Å². The van der Waals surface area contributed by atoms with Gasteiger partial charge in [0, 0.05) is 39.3 Å².